The van der Waals surface area contributed by atoms with Crippen molar-refractivity contribution in [3.63, 3.8) is 0 Å². The molecule has 4 atom stereocenters. The van der Waals surface area contributed by atoms with E-state index in [2.05, 4.69) is 5.32 Å². The molecule has 1 saturated carbocycles. The highest BCUT2D eigenvalue weighted by atomic mass is 16.2. The fourth-order valence-electron chi connectivity index (χ4n) is 5.77. The van der Waals surface area contributed by atoms with Crippen LogP contribution in [0.25, 0.3) is 11.0 Å². The molecule has 3 fully saturated rings. The summed E-state index contributed by atoms with van der Waals surface area (Å²) < 4.78 is 3.07. The summed E-state index contributed by atoms with van der Waals surface area (Å²) in [6.07, 6.45) is 2.04. The van der Waals surface area contributed by atoms with E-state index >= 15 is 0 Å². The van der Waals surface area contributed by atoms with Gasteiger partial charge in [0.2, 0.25) is 17.7 Å². The molecule has 9 nitrogen and oxygen atoms in total. The summed E-state index contributed by atoms with van der Waals surface area (Å²) in [5.41, 5.74) is 1.33. The number of likely N-dealkylation sites (tertiary alicyclic amines) is 2. The first-order valence-electron chi connectivity index (χ1n) is 12.3. The fourth-order valence-corrected chi connectivity index (χ4v) is 5.77. The number of aryl methyl sites for hydroxylation is 1. The first-order valence-corrected chi connectivity index (χ1v) is 12.3. The van der Waals surface area contributed by atoms with E-state index < -0.39 is 6.04 Å². The van der Waals surface area contributed by atoms with Crippen molar-refractivity contribution in [3.05, 3.63) is 34.7 Å². The maximum Gasteiger partial charge on any atom is 0.329 e. The van der Waals surface area contributed by atoms with Gasteiger partial charge in [-0.15, -0.1) is 0 Å². The number of para-hydroxylation sites is 2. The third kappa shape index (κ3) is 3.80. The monoisotopic (exact) mass is 467 g/mol. The molecule has 5 rings (SSSR count). The van der Waals surface area contributed by atoms with Crippen LogP contribution in [0.3, 0.4) is 0 Å². The Morgan fingerprint density at radius 2 is 1.62 bits per heavy atom. The number of piperidine rings is 1. The Labute approximate surface area is 198 Å². The van der Waals surface area contributed by atoms with E-state index in [1.54, 1.807) is 16.5 Å². The summed E-state index contributed by atoms with van der Waals surface area (Å²) in [6.45, 7) is 6.49. The molecule has 3 heterocycles. The van der Waals surface area contributed by atoms with Crippen molar-refractivity contribution >= 4 is 28.8 Å². The minimum atomic E-state index is -0.497. The Morgan fingerprint density at radius 3 is 2.24 bits per heavy atom. The van der Waals surface area contributed by atoms with Crippen molar-refractivity contribution in [3.8, 4) is 0 Å². The molecule has 1 aromatic carbocycles. The molecule has 9 heteroatoms. The smallest absolute Gasteiger partial charge is 0.329 e. The maximum absolute atomic E-state index is 13.0. The third-order valence-corrected chi connectivity index (χ3v) is 7.84. The summed E-state index contributed by atoms with van der Waals surface area (Å²) in [4.78, 5) is 55.1. The van der Waals surface area contributed by atoms with Gasteiger partial charge in [0.15, 0.2) is 0 Å². The van der Waals surface area contributed by atoms with Gasteiger partial charge in [0, 0.05) is 39.1 Å². The number of rotatable bonds is 6. The maximum atomic E-state index is 13.0. The van der Waals surface area contributed by atoms with Crippen molar-refractivity contribution in [1.82, 2.24) is 24.3 Å². The summed E-state index contributed by atoms with van der Waals surface area (Å²) in [6, 6.07) is 6.94. The number of carbonyl (C=O) groups is 3. The third-order valence-electron chi connectivity index (χ3n) is 7.84. The lowest BCUT2D eigenvalue weighted by Crippen LogP contribution is -2.51. The molecule has 0 radical (unpaired) electrons. The van der Waals surface area contributed by atoms with E-state index in [0.717, 1.165) is 37.0 Å². The van der Waals surface area contributed by atoms with Gasteiger partial charge in [-0.3, -0.25) is 23.5 Å². The molecule has 1 unspecified atom stereocenters. The van der Waals surface area contributed by atoms with Crippen LogP contribution in [-0.2, 0) is 28.0 Å². The van der Waals surface area contributed by atoms with Crippen molar-refractivity contribution in [2.45, 2.75) is 39.3 Å². The number of imidazole rings is 1. The van der Waals surface area contributed by atoms with Gasteiger partial charge in [-0.25, -0.2) is 4.79 Å². The molecule has 1 aliphatic carbocycles. The van der Waals surface area contributed by atoms with Crippen LogP contribution >= 0.6 is 0 Å². The summed E-state index contributed by atoms with van der Waals surface area (Å²) >= 11 is 0. The van der Waals surface area contributed by atoms with Crippen LogP contribution < -0.4 is 11.0 Å². The zero-order chi connectivity index (χ0) is 24.1. The number of fused-ring (bicyclic) bond motifs is 2. The number of carbonyl (C=O) groups excluding carboxylic acids is 3. The molecule has 0 spiro atoms. The van der Waals surface area contributed by atoms with E-state index in [4.69, 9.17) is 0 Å². The van der Waals surface area contributed by atoms with Gasteiger partial charge in [0.1, 0.15) is 12.6 Å². The van der Waals surface area contributed by atoms with E-state index in [1.807, 2.05) is 43.0 Å². The molecule has 0 bridgehead atoms. The minimum Gasteiger partial charge on any atom is -0.344 e. The zero-order valence-electron chi connectivity index (χ0n) is 20.1. The number of nitrogens with zero attached hydrogens (tertiary/aromatic N) is 4. The lowest BCUT2D eigenvalue weighted by molar-refractivity contribution is -0.137. The Balaban J connectivity index is 1.19. The van der Waals surface area contributed by atoms with Crippen LogP contribution in [0, 0.1) is 23.7 Å². The predicted octanol–water partition coefficient (Wildman–Crippen LogP) is 0.808. The van der Waals surface area contributed by atoms with Crippen molar-refractivity contribution in [2.24, 2.45) is 30.7 Å². The van der Waals surface area contributed by atoms with Crippen LogP contribution in [0.1, 0.15) is 26.7 Å². The summed E-state index contributed by atoms with van der Waals surface area (Å²) in [5, 5.41) is 3.02. The van der Waals surface area contributed by atoms with Crippen molar-refractivity contribution < 1.29 is 14.4 Å². The van der Waals surface area contributed by atoms with Gasteiger partial charge < -0.3 is 15.1 Å². The Hall–Kier alpha value is -3.10. The zero-order valence-corrected chi connectivity index (χ0v) is 20.1. The summed E-state index contributed by atoms with van der Waals surface area (Å²) in [7, 11) is 1.71. The second-order valence-electron chi connectivity index (χ2n) is 10.3. The van der Waals surface area contributed by atoms with Gasteiger partial charge >= 0.3 is 5.69 Å². The highest BCUT2D eigenvalue weighted by Gasteiger charge is 2.60. The average Bonchev–Trinajstić information content (AvgIpc) is 3.22. The highest BCUT2D eigenvalue weighted by molar-refractivity contribution is 5.91. The van der Waals surface area contributed by atoms with Gasteiger partial charge in [-0.05, 0) is 42.7 Å². The van der Waals surface area contributed by atoms with E-state index in [9.17, 15) is 19.2 Å². The van der Waals surface area contributed by atoms with Crippen molar-refractivity contribution in [2.75, 3.05) is 26.2 Å². The molecule has 2 aromatic rings. The first kappa shape index (κ1) is 22.7. The molecule has 1 N–H and O–H groups in total. The first-order chi connectivity index (χ1) is 16.3. The second kappa shape index (κ2) is 8.60. The van der Waals surface area contributed by atoms with Crippen LogP contribution in [0.4, 0.5) is 0 Å². The van der Waals surface area contributed by atoms with Gasteiger partial charge in [0.25, 0.3) is 0 Å². The minimum absolute atomic E-state index is 0.00372. The SMILES string of the molecule is CC(C)[C@@H](NC(=O)C1[C@H]2CN(C(=O)Cn3c(=O)n(C)c4ccccc43)C[C@@H]12)C(=O)N1CCCC1. The van der Waals surface area contributed by atoms with Crippen LogP contribution in [0.15, 0.2) is 29.1 Å². The number of aromatic nitrogens is 2. The predicted molar refractivity (Wildman–Crippen MR) is 127 cm³/mol. The highest BCUT2D eigenvalue weighted by Crippen LogP contribution is 2.51. The Kier molecular flexibility index (Phi) is 5.73. The van der Waals surface area contributed by atoms with E-state index in [1.165, 1.54) is 4.57 Å². The molecule has 1 aromatic heterocycles. The van der Waals surface area contributed by atoms with E-state index in [-0.39, 0.29) is 53.6 Å². The molecule has 3 amide bonds. The standard InChI is InChI=1S/C25H33N5O4/c1-15(2)22(24(33)28-10-6-7-11-28)26-23(32)21-16-12-29(13-17(16)21)20(31)14-30-19-9-5-4-8-18(19)27(3)25(30)34/h4-5,8-9,15-17,21-22H,6-7,10-14H2,1-3H3,(H,26,32)/t16-,17+,21?,22-/m1/s1. The molecular weight excluding hydrogens is 434 g/mol. The van der Waals surface area contributed by atoms with Crippen molar-refractivity contribution in [1.29, 1.82) is 0 Å². The van der Waals surface area contributed by atoms with Gasteiger partial charge in [0.05, 0.1) is 11.0 Å². The number of benzene rings is 1. The summed E-state index contributed by atoms with van der Waals surface area (Å²) in [5.74, 6) is -0.0212. The molecule has 2 aliphatic heterocycles. The Bertz CT molecular complexity index is 1180. The average molecular weight is 468 g/mol. The van der Waals surface area contributed by atoms with Crippen LogP contribution in [-0.4, -0.2) is 68.9 Å². The topological polar surface area (TPSA) is 96.6 Å². The number of hydrogen-bond donors (Lipinski definition) is 1. The fraction of sp³-hybridized carbons (Fsp3) is 0.600. The van der Waals surface area contributed by atoms with Crippen LogP contribution in [0.2, 0.25) is 0 Å². The van der Waals surface area contributed by atoms with Crippen LogP contribution in [0.5, 0.6) is 0 Å². The largest absolute Gasteiger partial charge is 0.344 e. The number of amides is 3. The lowest BCUT2D eigenvalue weighted by atomic mass is 10.0. The normalized spacial score (nSPS) is 24.5. The second-order valence-corrected chi connectivity index (χ2v) is 10.3. The van der Waals surface area contributed by atoms with Gasteiger partial charge in [-0.1, -0.05) is 26.0 Å². The number of hydrogen-bond acceptors (Lipinski definition) is 4. The Morgan fingerprint density at radius 1 is 1.00 bits per heavy atom. The number of nitrogens with one attached hydrogen (secondary N) is 1. The molecular formula is C25H33N5O4. The lowest BCUT2D eigenvalue weighted by Gasteiger charge is -2.27. The molecule has 34 heavy (non-hydrogen) atoms. The molecule has 182 valence electrons. The molecule has 3 aliphatic rings. The van der Waals surface area contributed by atoms with E-state index in [0.29, 0.717) is 13.1 Å². The van der Waals surface area contributed by atoms with Gasteiger partial charge in [-0.2, -0.15) is 0 Å². The quantitative estimate of drug-likeness (QED) is 0.680. The molecule has 2 saturated heterocycles.